The van der Waals surface area contributed by atoms with Gasteiger partial charge in [-0.3, -0.25) is 0 Å². The van der Waals surface area contributed by atoms with Crippen molar-refractivity contribution in [3.63, 3.8) is 0 Å². The number of rotatable bonds is 7. The Morgan fingerprint density at radius 3 is 2.71 bits per heavy atom. The number of aromatic amines is 1. The lowest BCUT2D eigenvalue weighted by molar-refractivity contribution is 0.734. The molecule has 1 aromatic carbocycles. The predicted molar refractivity (Wildman–Crippen MR) is 110 cm³/mol. The van der Waals surface area contributed by atoms with Crippen molar-refractivity contribution in [1.82, 2.24) is 4.98 Å². The number of hydrogen-bond donors (Lipinski definition) is 2. The zero-order valence-electron chi connectivity index (χ0n) is 14.4. The third-order valence-corrected chi connectivity index (χ3v) is 6.45. The maximum atomic E-state index is 5.70. The molecular formula is C20H25BrN2S. The molecular weight excluding hydrogens is 380 g/mol. The van der Waals surface area contributed by atoms with Crippen molar-refractivity contribution in [2.45, 2.75) is 45.4 Å². The largest absolute Gasteiger partial charge is 0.354 e. The molecule has 0 amide bonds. The summed E-state index contributed by atoms with van der Waals surface area (Å²) in [4.78, 5) is 4.96. The monoisotopic (exact) mass is 404 g/mol. The Morgan fingerprint density at radius 1 is 1.21 bits per heavy atom. The first-order valence-electron chi connectivity index (χ1n) is 8.74. The van der Waals surface area contributed by atoms with Gasteiger partial charge < -0.3 is 10.7 Å². The number of aromatic nitrogens is 1. The number of hydrogen-bond acceptors (Lipinski definition) is 2. The number of fused-ring (bicyclic) bond motifs is 1. The Morgan fingerprint density at radius 2 is 2.04 bits per heavy atom. The molecule has 3 rings (SSSR count). The molecule has 24 heavy (non-hydrogen) atoms. The van der Waals surface area contributed by atoms with Gasteiger partial charge in [-0.15, -0.1) is 11.3 Å². The van der Waals surface area contributed by atoms with Crippen molar-refractivity contribution in [3.05, 3.63) is 45.2 Å². The highest BCUT2D eigenvalue weighted by atomic mass is 79.9. The molecule has 0 fully saturated rings. The number of unbranched alkanes of at least 4 members (excludes halogenated alkanes) is 1. The lowest BCUT2D eigenvalue weighted by Crippen LogP contribution is -1.99. The van der Waals surface area contributed by atoms with Crippen LogP contribution in [0.15, 0.2) is 34.1 Å². The van der Waals surface area contributed by atoms with Crippen LogP contribution < -0.4 is 5.73 Å². The molecule has 0 radical (unpaired) electrons. The second-order valence-electron chi connectivity index (χ2n) is 6.44. The van der Waals surface area contributed by atoms with Crippen molar-refractivity contribution in [2.75, 3.05) is 6.54 Å². The van der Waals surface area contributed by atoms with Crippen LogP contribution in [-0.2, 0) is 6.42 Å². The van der Waals surface area contributed by atoms with Crippen LogP contribution in [0.5, 0.6) is 0 Å². The number of benzene rings is 1. The van der Waals surface area contributed by atoms with E-state index in [0.29, 0.717) is 5.92 Å². The lowest BCUT2D eigenvalue weighted by atomic mass is 9.95. The molecule has 0 saturated carbocycles. The summed E-state index contributed by atoms with van der Waals surface area (Å²) >= 11 is 5.37. The summed E-state index contributed by atoms with van der Waals surface area (Å²) in [5.41, 5.74) is 11.1. The van der Waals surface area contributed by atoms with Crippen molar-refractivity contribution in [3.8, 4) is 10.6 Å². The first-order valence-corrected chi connectivity index (χ1v) is 10.3. The van der Waals surface area contributed by atoms with Crippen LogP contribution in [0.1, 0.15) is 50.2 Å². The van der Waals surface area contributed by atoms with Crippen LogP contribution in [0, 0.1) is 0 Å². The van der Waals surface area contributed by atoms with Gasteiger partial charge in [-0.1, -0.05) is 19.9 Å². The molecule has 0 aliphatic rings. The molecule has 2 aromatic heterocycles. The van der Waals surface area contributed by atoms with Gasteiger partial charge in [-0.2, -0.15) is 0 Å². The number of aryl methyl sites for hydroxylation is 1. The summed E-state index contributed by atoms with van der Waals surface area (Å²) < 4.78 is 1.17. The fourth-order valence-electron chi connectivity index (χ4n) is 3.17. The summed E-state index contributed by atoms with van der Waals surface area (Å²) in [5.74, 6) is 0.598. The Kier molecular flexibility index (Phi) is 5.80. The van der Waals surface area contributed by atoms with E-state index in [1.165, 1.54) is 42.8 Å². The molecule has 1 atom stereocenters. The first-order chi connectivity index (χ1) is 11.6. The van der Waals surface area contributed by atoms with E-state index in [4.69, 9.17) is 5.73 Å². The molecule has 128 valence electrons. The van der Waals surface area contributed by atoms with E-state index in [9.17, 15) is 0 Å². The third kappa shape index (κ3) is 3.61. The van der Waals surface area contributed by atoms with Crippen molar-refractivity contribution >= 4 is 38.2 Å². The molecule has 0 spiro atoms. The van der Waals surface area contributed by atoms with E-state index in [1.807, 2.05) is 0 Å². The van der Waals surface area contributed by atoms with Crippen LogP contribution in [-0.4, -0.2) is 11.5 Å². The van der Waals surface area contributed by atoms with Gasteiger partial charge in [-0.25, -0.2) is 0 Å². The summed E-state index contributed by atoms with van der Waals surface area (Å²) in [5, 5.41) is 1.38. The molecule has 1 unspecified atom stereocenters. The van der Waals surface area contributed by atoms with Gasteiger partial charge in [0.1, 0.15) is 0 Å². The van der Waals surface area contributed by atoms with Gasteiger partial charge in [-0.05, 0) is 89.5 Å². The topological polar surface area (TPSA) is 41.8 Å². The van der Waals surface area contributed by atoms with E-state index in [-0.39, 0.29) is 0 Å². The molecule has 4 heteroatoms. The molecule has 0 aliphatic heterocycles. The molecule has 3 aromatic rings. The minimum Gasteiger partial charge on any atom is -0.354 e. The highest BCUT2D eigenvalue weighted by Gasteiger charge is 2.16. The van der Waals surface area contributed by atoms with Crippen LogP contribution in [0.25, 0.3) is 21.5 Å². The quantitative estimate of drug-likeness (QED) is 0.436. The third-order valence-electron chi connectivity index (χ3n) is 4.81. The first kappa shape index (κ1) is 17.7. The van der Waals surface area contributed by atoms with Gasteiger partial charge in [0.15, 0.2) is 0 Å². The fraction of sp³-hybridized carbons (Fsp3) is 0.400. The second kappa shape index (κ2) is 7.85. The highest BCUT2D eigenvalue weighted by Crippen LogP contribution is 2.38. The fourth-order valence-corrected chi connectivity index (χ4v) is 4.59. The van der Waals surface area contributed by atoms with Gasteiger partial charge in [0.25, 0.3) is 0 Å². The zero-order chi connectivity index (χ0) is 17.1. The van der Waals surface area contributed by atoms with Crippen molar-refractivity contribution in [2.24, 2.45) is 5.73 Å². The predicted octanol–water partition coefficient (Wildman–Crippen LogP) is 6.45. The van der Waals surface area contributed by atoms with Gasteiger partial charge in [0.2, 0.25) is 0 Å². The van der Waals surface area contributed by atoms with Crippen LogP contribution in [0.2, 0.25) is 0 Å². The number of H-pyrrole nitrogens is 1. The SMILES string of the molecule is CCC(C)c1ccc2[nH]c(-c3ccc(Br)s3)c(CCCCN)c2c1. The Labute approximate surface area is 156 Å². The molecule has 3 N–H and O–H groups in total. The van der Waals surface area contributed by atoms with E-state index >= 15 is 0 Å². The van der Waals surface area contributed by atoms with Gasteiger partial charge >= 0.3 is 0 Å². The lowest BCUT2D eigenvalue weighted by Gasteiger charge is -2.09. The Balaban J connectivity index is 2.10. The summed E-state index contributed by atoms with van der Waals surface area (Å²) in [7, 11) is 0. The maximum absolute atomic E-state index is 5.70. The minimum atomic E-state index is 0.598. The zero-order valence-corrected chi connectivity index (χ0v) is 16.8. The van der Waals surface area contributed by atoms with Crippen LogP contribution in [0.4, 0.5) is 0 Å². The molecule has 2 heterocycles. The Hall–Kier alpha value is -1.10. The van der Waals surface area contributed by atoms with E-state index in [1.54, 1.807) is 11.3 Å². The van der Waals surface area contributed by atoms with E-state index < -0.39 is 0 Å². The minimum absolute atomic E-state index is 0.598. The molecule has 0 bridgehead atoms. The number of thiophene rings is 1. The van der Waals surface area contributed by atoms with Crippen LogP contribution >= 0.6 is 27.3 Å². The van der Waals surface area contributed by atoms with Gasteiger partial charge in [0.05, 0.1) is 14.4 Å². The number of halogens is 1. The standard InChI is InChI=1S/C20H25BrN2S/c1-3-13(2)14-7-8-17-16(12-14)15(6-4-5-11-22)20(23-17)18-9-10-19(21)24-18/h7-10,12-13,23H,3-6,11,22H2,1-2H3. The smallest absolute Gasteiger partial charge is 0.0705 e. The second-order valence-corrected chi connectivity index (χ2v) is 8.91. The van der Waals surface area contributed by atoms with Gasteiger partial charge in [0, 0.05) is 10.9 Å². The summed E-state index contributed by atoms with van der Waals surface area (Å²) in [6, 6.07) is 11.2. The van der Waals surface area contributed by atoms with E-state index in [0.717, 1.165) is 25.8 Å². The summed E-state index contributed by atoms with van der Waals surface area (Å²) in [6.45, 7) is 5.32. The Bertz CT molecular complexity index is 818. The van der Waals surface area contributed by atoms with Crippen molar-refractivity contribution in [1.29, 1.82) is 0 Å². The maximum Gasteiger partial charge on any atom is 0.0705 e. The highest BCUT2D eigenvalue weighted by molar-refractivity contribution is 9.11. The molecule has 0 saturated heterocycles. The van der Waals surface area contributed by atoms with Crippen LogP contribution in [0.3, 0.4) is 0 Å². The molecule has 0 aliphatic carbocycles. The average Bonchev–Trinajstić information content (AvgIpc) is 3.17. The van der Waals surface area contributed by atoms with E-state index in [2.05, 4.69) is 65.1 Å². The normalized spacial score (nSPS) is 12.8. The molecule has 2 nitrogen and oxygen atoms in total. The average molecular weight is 405 g/mol. The number of nitrogens with two attached hydrogens (primary N) is 1. The number of nitrogens with one attached hydrogen (secondary N) is 1. The summed E-state index contributed by atoms with van der Waals surface area (Å²) in [6.07, 6.45) is 4.46. The van der Waals surface area contributed by atoms with Crippen molar-refractivity contribution < 1.29 is 0 Å².